The number of fused-ring (bicyclic) bond motifs is 1. The largest absolute Gasteiger partial charge is 0.511 e. The fourth-order valence-corrected chi connectivity index (χ4v) is 4.58. The van der Waals surface area contributed by atoms with Gasteiger partial charge in [0.05, 0.1) is 33.0 Å². The van der Waals surface area contributed by atoms with E-state index in [1.165, 1.54) is 38.5 Å². The van der Waals surface area contributed by atoms with Crippen LogP contribution in [0, 0.1) is 0 Å². The van der Waals surface area contributed by atoms with Crippen LogP contribution in [0.1, 0.15) is 71.6 Å². The van der Waals surface area contributed by atoms with E-state index >= 15 is 0 Å². The maximum absolute atomic E-state index is 13.2. The van der Waals surface area contributed by atoms with Crippen LogP contribution in [0.5, 0.6) is 5.75 Å². The second-order valence-electron chi connectivity index (χ2n) is 8.39. The summed E-state index contributed by atoms with van der Waals surface area (Å²) in [5, 5.41) is 1.84. The number of phosphoric acid groups is 1. The highest BCUT2D eigenvalue weighted by Gasteiger charge is 2.29. The Morgan fingerprint density at radius 3 is 2.06 bits per heavy atom. The Kier molecular flexibility index (Phi) is 15.9. The molecule has 0 bridgehead atoms. The molecule has 7 nitrogen and oxygen atoms in total. The summed E-state index contributed by atoms with van der Waals surface area (Å²) in [5.74, 6) is 0.451. The summed E-state index contributed by atoms with van der Waals surface area (Å²) >= 11 is 0. The van der Waals surface area contributed by atoms with Crippen LogP contribution in [0.4, 0.5) is 0 Å². The molecule has 0 amide bonds. The highest BCUT2D eigenvalue weighted by Crippen LogP contribution is 2.50. The van der Waals surface area contributed by atoms with E-state index in [4.69, 9.17) is 28.1 Å². The topological polar surface area (TPSA) is 72.5 Å². The molecule has 0 fully saturated rings. The van der Waals surface area contributed by atoms with Gasteiger partial charge in [-0.15, -0.1) is 0 Å². The molecule has 0 saturated heterocycles. The van der Waals surface area contributed by atoms with Crippen LogP contribution in [0.3, 0.4) is 0 Å². The van der Waals surface area contributed by atoms with Crippen molar-refractivity contribution in [2.45, 2.75) is 71.6 Å². The molecule has 2 aromatic rings. The molecule has 0 aliphatic carbocycles. The first-order chi connectivity index (χ1) is 17.2. The van der Waals surface area contributed by atoms with Gasteiger partial charge >= 0.3 is 7.82 Å². The molecule has 0 aromatic heterocycles. The number of benzene rings is 2. The average molecular weight is 511 g/mol. The molecule has 0 spiro atoms. The summed E-state index contributed by atoms with van der Waals surface area (Å²) in [6, 6.07) is 13.3. The minimum atomic E-state index is -3.93. The maximum atomic E-state index is 13.2. The highest BCUT2D eigenvalue weighted by atomic mass is 31.2. The van der Waals surface area contributed by atoms with Crippen molar-refractivity contribution in [2.24, 2.45) is 0 Å². The maximum Gasteiger partial charge on any atom is 0.511 e. The van der Waals surface area contributed by atoms with Crippen molar-refractivity contribution in [1.82, 2.24) is 0 Å². The SMILES string of the molecule is CCCCCCCCCCCOP(=O)(OCCOCCOCC)OOc1cccc2ccccc12. The third-order valence-corrected chi connectivity index (χ3v) is 6.77. The van der Waals surface area contributed by atoms with Gasteiger partial charge in [0.25, 0.3) is 0 Å². The first-order valence-corrected chi connectivity index (χ1v) is 14.5. The van der Waals surface area contributed by atoms with Crippen LogP contribution in [0.15, 0.2) is 42.5 Å². The second kappa shape index (κ2) is 18.8. The van der Waals surface area contributed by atoms with Gasteiger partial charge in [-0.3, -0.25) is 9.05 Å². The summed E-state index contributed by atoms with van der Waals surface area (Å²) < 4.78 is 40.2. The second-order valence-corrected chi connectivity index (χ2v) is 9.95. The van der Waals surface area contributed by atoms with E-state index in [1.54, 1.807) is 6.07 Å². The lowest BCUT2D eigenvalue weighted by Crippen LogP contribution is -2.11. The Labute approximate surface area is 210 Å². The van der Waals surface area contributed by atoms with Gasteiger partial charge in [-0.05, 0) is 24.8 Å². The molecule has 35 heavy (non-hydrogen) atoms. The molecule has 0 aliphatic heterocycles. The standard InChI is InChI=1S/C27H43O7P/c1-3-5-6-7-8-9-10-11-14-20-31-35(28,32-24-23-30-22-21-29-4-2)34-33-27-19-15-17-25-16-12-13-18-26(25)27/h12-13,15-19H,3-11,14,20-24H2,1-2H3. The van der Waals surface area contributed by atoms with E-state index in [0.717, 1.165) is 30.0 Å². The summed E-state index contributed by atoms with van der Waals surface area (Å²) in [6.07, 6.45) is 10.6. The van der Waals surface area contributed by atoms with E-state index in [9.17, 15) is 4.57 Å². The molecule has 0 radical (unpaired) electrons. The van der Waals surface area contributed by atoms with Crippen LogP contribution in [-0.2, 0) is 27.8 Å². The predicted octanol–water partition coefficient (Wildman–Crippen LogP) is 7.88. The third-order valence-electron chi connectivity index (χ3n) is 5.52. The lowest BCUT2D eigenvalue weighted by Gasteiger charge is -2.17. The van der Waals surface area contributed by atoms with E-state index in [1.807, 2.05) is 43.3 Å². The van der Waals surface area contributed by atoms with Crippen LogP contribution in [-0.4, -0.2) is 39.6 Å². The zero-order valence-corrected chi connectivity index (χ0v) is 22.3. The van der Waals surface area contributed by atoms with Crippen molar-refractivity contribution in [3.63, 3.8) is 0 Å². The van der Waals surface area contributed by atoms with Gasteiger partial charge in [-0.2, -0.15) is 0 Å². The first-order valence-electron chi connectivity index (χ1n) is 13.1. The van der Waals surface area contributed by atoms with Crippen LogP contribution in [0.2, 0.25) is 0 Å². The van der Waals surface area contributed by atoms with Crippen LogP contribution < -0.4 is 4.89 Å². The number of rotatable bonds is 22. The molecule has 0 N–H and O–H groups in total. The lowest BCUT2D eigenvalue weighted by atomic mass is 10.1. The van der Waals surface area contributed by atoms with Crippen molar-refractivity contribution in [1.29, 1.82) is 0 Å². The molecule has 2 rings (SSSR count). The van der Waals surface area contributed by atoms with Gasteiger partial charge in [0, 0.05) is 12.0 Å². The molecule has 0 heterocycles. The highest BCUT2D eigenvalue weighted by molar-refractivity contribution is 7.48. The molecule has 0 saturated carbocycles. The minimum Gasteiger partial charge on any atom is -0.379 e. The van der Waals surface area contributed by atoms with E-state index < -0.39 is 7.82 Å². The summed E-state index contributed by atoms with van der Waals surface area (Å²) in [5.41, 5.74) is 0. The van der Waals surface area contributed by atoms with Crippen molar-refractivity contribution in [2.75, 3.05) is 39.6 Å². The monoisotopic (exact) mass is 510 g/mol. The Morgan fingerprint density at radius 2 is 1.29 bits per heavy atom. The van der Waals surface area contributed by atoms with Gasteiger partial charge in [0.15, 0.2) is 5.75 Å². The number of hydrogen-bond donors (Lipinski definition) is 0. The summed E-state index contributed by atoms with van der Waals surface area (Å²) in [6.45, 7) is 6.32. The first kappa shape index (κ1) is 29.8. The van der Waals surface area contributed by atoms with Gasteiger partial charge < -0.3 is 14.4 Å². The van der Waals surface area contributed by atoms with Gasteiger partial charge in [-0.25, -0.2) is 4.57 Å². The Hall–Kier alpha value is -1.47. The van der Waals surface area contributed by atoms with Crippen molar-refractivity contribution in [3.8, 4) is 5.75 Å². The van der Waals surface area contributed by atoms with Crippen LogP contribution >= 0.6 is 7.82 Å². The van der Waals surface area contributed by atoms with Gasteiger partial charge in [0.1, 0.15) is 0 Å². The van der Waals surface area contributed by atoms with Crippen LogP contribution in [0.25, 0.3) is 10.8 Å². The number of phosphoric ester groups is 1. The Bertz CT molecular complexity index is 840. The van der Waals surface area contributed by atoms with Crippen molar-refractivity contribution in [3.05, 3.63) is 42.5 Å². The number of unbranched alkanes of at least 4 members (excludes halogenated alkanes) is 8. The van der Waals surface area contributed by atoms with E-state index in [0.29, 0.717) is 25.6 Å². The fourth-order valence-electron chi connectivity index (χ4n) is 3.60. The molecule has 8 heteroatoms. The Morgan fingerprint density at radius 1 is 0.657 bits per heavy atom. The molecular weight excluding hydrogens is 467 g/mol. The zero-order valence-electron chi connectivity index (χ0n) is 21.5. The molecule has 0 aliphatic rings. The van der Waals surface area contributed by atoms with Crippen molar-refractivity contribution >= 4 is 18.6 Å². The zero-order chi connectivity index (χ0) is 25.0. The van der Waals surface area contributed by atoms with Gasteiger partial charge in [0.2, 0.25) is 0 Å². The average Bonchev–Trinajstić information content (AvgIpc) is 2.88. The molecular formula is C27H43O7P. The number of hydrogen-bond acceptors (Lipinski definition) is 7. The summed E-state index contributed by atoms with van der Waals surface area (Å²) in [7, 11) is -3.93. The quantitative estimate of drug-likeness (QED) is 0.0690. The molecule has 1 unspecified atom stereocenters. The smallest absolute Gasteiger partial charge is 0.379 e. The summed E-state index contributed by atoms with van der Waals surface area (Å²) in [4.78, 5) is 5.46. The normalized spacial score (nSPS) is 13.2. The third kappa shape index (κ3) is 12.9. The van der Waals surface area contributed by atoms with Gasteiger partial charge in [-0.1, -0.05) is 99.4 Å². The molecule has 2 aromatic carbocycles. The van der Waals surface area contributed by atoms with E-state index in [2.05, 4.69) is 6.92 Å². The molecule has 198 valence electrons. The minimum absolute atomic E-state index is 0.0556. The predicted molar refractivity (Wildman–Crippen MR) is 140 cm³/mol. The lowest BCUT2D eigenvalue weighted by molar-refractivity contribution is -0.132. The number of ether oxygens (including phenoxy) is 2. The molecule has 1 atom stereocenters. The fraction of sp³-hybridized carbons (Fsp3) is 0.630. The van der Waals surface area contributed by atoms with E-state index in [-0.39, 0.29) is 19.8 Å². The Balaban J connectivity index is 1.79. The van der Waals surface area contributed by atoms with Crippen molar-refractivity contribution < 1.29 is 32.6 Å².